The Morgan fingerprint density at radius 3 is 2.19 bits per heavy atom. The number of aryl methyl sites for hydroxylation is 1. The van der Waals surface area contributed by atoms with E-state index in [2.05, 4.69) is 21.3 Å². The van der Waals surface area contributed by atoms with Crippen LogP contribution in [0.3, 0.4) is 0 Å². The molecule has 312 valence electrons. The van der Waals surface area contributed by atoms with E-state index >= 15 is 0 Å². The van der Waals surface area contributed by atoms with Gasteiger partial charge in [-0.2, -0.15) is 0 Å². The van der Waals surface area contributed by atoms with Crippen LogP contribution in [-0.4, -0.2) is 118 Å². The van der Waals surface area contributed by atoms with E-state index < -0.39 is 102 Å². The van der Waals surface area contributed by atoms with Gasteiger partial charge in [0.05, 0.1) is 0 Å². The number of nitrogens with one attached hydrogen (secondary N) is 4. The Balaban J connectivity index is 1.34. The molecule has 2 aromatic carbocycles. The van der Waals surface area contributed by atoms with Crippen LogP contribution < -0.4 is 21.3 Å². The maximum absolute atomic E-state index is 14.7. The van der Waals surface area contributed by atoms with Gasteiger partial charge < -0.3 is 40.7 Å². The van der Waals surface area contributed by atoms with Gasteiger partial charge in [0.25, 0.3) is 0 Å². The number of anilines is 1. The van der Waals surface area contributed by atoms with Crippen LogP contribution in [0.4, 0.5) is 19.3 Å². The van der Waals surface area contributed by atoms with Gasteiger partial charge in [-0.25, -0.2) is 18.4 Å². The molecule has 4 heterocycles. The first-order valence-corrected chi connectivity index (χ1v) is 19.9. The van der Waals surface area contributed by atoms with Crippen molar-refractivity contribution in [2.75, 3.05) is 25.0 Å². The average molecular weight is 808 g/mol. The number of amides is 7. The molecule has 2 aromatic rings. The first-order valence-electron chi connectivity index (χ1n) is 19.9. The maximum Gasteiger partial charge on any atom is 0.329 e. The molecule has 0 spiro atoms. The summed E-state index contributed by atoms with van der Waals surface area (Å²) in [6.45, 7) is 7.24. The molecule has 7 amide bonds. The first-order chi connectivity index (χ1) is 27.6. The predicted molar refractivity (Wildman–Crippen MR) is 206 cm³/mol. The highest BCUT2D eigenvalue weighted by atomic mass is 19.1. The summed E-state index contributed by atoms with van der Waals surface area (Å²) < 4.78 is 34.5. The molecule has 4 fully saturated rings. The summed E-state index contributed by atoms with van der Waals surface area (Å²) >= 11 is 0. The second-order valence-corrected chi connectivity index (χ2v) is 15.9. The van der Waals surface area contributed by atoms with Crippen LogP contribution in [-0.2, 0) is 39.9 Å². The zero-order chi connectivity index (χ0) is 41.8. The fourth-order valence-corrected chi connectivity index (χ4v) is 8.36. The number of rotatable bonds is 6. The second-order valence-electron chi connectivity index (χ2n) is 15.9. The Kier molecular flexibility index (Phi) is 13.0. The molecule has 0 saturated carbocycles. The predicted octanol–water partition coefficient (Wildman–Crippen LogP) is 2.55. The Morgan fingerprint density at radius 2 is 1.48 bits per heavy atom. The number of piperidine rings is 1. The van der Waals surface area contributed by atoms with Gasteiger partial charge in [-0.05, 0) is 95.0 Å². The Morgan fingerprint density at radius 1 is 0.828 bits per heavy atom. The standard InChI is InChI=1S/C41H51F2N7O8/c1-22-10-12-29(13-11-22)45-41(57)46-30(19-26-17-27(42)20-28(43)18-26)35(51)47-34-25(4)58-40(56)33-16-23(2)21-50(33)37(53)24(3)44-36(52)31-8-5-6-14-48(31)38(54)32-9-7-15-49(32)39(34)55/h10-13,17-18,20,23-25,30-34H,5-9,14-16,19,21H2,1-4H3,(H,44,52)(H,47,51)(H2,45,46,57)/t23-,24-,25+,30-,31-,32-,33-,34-/m0/s1. The van der Waals surface area contributed by atoms with Crippen molar-refractivity contribution in [2.45, 2.75) is 115 Å². The third-order valence-electron chi connectivity index (χ3n) is 11.3. The van der Waals surface area contributed by atoms with E-state index in [0.717, 1.165) is 17.7 Å². The third kappa shape index (κ3) is 9.56. The van der Waals surface area contributed by atoms with Gasteiger partial charge in [0.1, 0.15) is 54.0 Å². The molecule has 0 aromatic heterocycles. The number of fused-ring (bicyclic) bond motifs is 3. The van der Waals surface area contributed by atoms with E-state index in [1.165, 1.54) is 28.5 Å². The van der Waals surface area contributed by atoms with Gasteiger partial charge in [-0.15, -0.1) is 0 Å². The normalized spacial score (nSPS) is 27.5. The summed E-state index contributed by atoms with van der Waals surface area (Å²) in [5, 5.41) is 10.6. The number of urea groups is 1. The molecular weight excluding hydrogens is 756 g/mol. The highest BCUT2D eigenvalue weighted by Crippen LogP contribution is 2.29. The lowest BCUT2D eigenvalue weighted by molar-refractivity contribution is -0.163. The smallest absolute Gasteiger partial charge is 0.329 e. The molecule has 17 heteroatoms. The summed E-state index contributed by atoms with van der Waals surface area (Å²) in [4.78, 5) is 102. The SMILES string of the molecule is Cc1ccc(NC(=O)N[C@@H](Cc2cc(F)cc(F)c2)C(=O)N[C@@H]2C(=O)N3CCC[C@H]3C(=O)N3CCCC[C@H]3C(=O)N[C@@H](C)C(=O)N3C[C@@H](C)C[C@H]3C(=O)O[C@@H]2C)cc1. The number of carbonyl (C=O) groups is 7. The Bertz CT molecular complexity index is 1910. The van der Waals surface area contributed by atoms with Crippen molar-refractivity contribution in [1.29, 1.82) is 0 Å². The number of benzene rings is 2. The minimum atomic E-state index is -1.62. The van der Waals surface area contributed by atoms with Crippen LogP contribution in [0, 0.1) is 24.5 Å². The number of cyclic esters (lactones) is 1. The fraction of sp³-hybridized carbons (Fsp3) is 0.537. The zero-order valence-electron chi connectivity index (χ0n) is 33.1. The van der Waals surface area contributed by atoms with E-state index in [1.54, 1.807) is 24.3 Å². The molecule has 8 atom stereocenters. The summed E-state index contributed by atoms with van der Waals surface area (Å²) in [6.07, 6.45) is 0.815. The van der Waals surface area contributed by atoms with E-state index in [-0.39, 0.29) is 44.0 Å². The van der Waals surface area contributed by atoms with E-state index in [0.29, 0.717) is 37.4 Å². The molecule has 4 aliphatic heterocycles. The molecule has 0 radical (unpaired) electrons. The van der Waals surface area contributed by atoms with Gasteiger partial charge in [0.2, 0.25) is 29.5 Å². The summed E-state index contributed by atoms with van der Waals surface area (Å²) in [5.74, 6) is -5.95. The molecule has 6 rings (SSSR count). The van der Waals surface area contributed by atoms with E-state index in [9.17, 15) is 42.3 Å². The lowest BCUT2D eigenvalue weighted by atomic mass is 9.99. The molecule has 4 saturated heterocycles. The van der Waals surface area contributed by atoms with Gasteiger partial charge in [0.15, 0.2) is 0 Å². The van der Waals surface area contributed by atoms with Gasteiger partial charge in [-0.3, -0.25) is 24.0 Å². The van der Waals surface area contributed by atoms with Gasteiger partial charge in [0, 0.05) is 37.8 Å². The number of ether oxygens (including phenoxy) is 1. The largest absolute Gasteiger partial charge is 0.458 e. The number of halogens is 2. The third-order valence-corrected chi connectivity index (χ3v) is 11.3. The molecule has 4 aliphatic rings. The van der Waals surface area contributed by atoms with Crippen molar-refractivity contribution in [3.8, 4) is 0 Å². The molecule has 0 bridgehead atoms. The van der Waals surface area contributed by atoms with Crippen LogP contribution >= 0.6 is 0 Å². The molecular formula is C41H51F2N7O8. The van der Waals surface area contributed by atoms with Gasteiger partial charge >= 0.3 is 12.0 Å². The van der Waals surface area contributed by atoms with Crippen molar-refractivity contribution in [1.82, 2.24) is 30.7 Å². The minimum Gasteiger partial charge on any atom is -0.458 e. The summed E-state index contributed by atoms with van der Waals surface area (Å²) in [6, 6.07) is 1.56. The zero-order valence-corrected chi connectivity index (χ0v) is 33.1. The minimum absolute atomic E-state index is 0.0248. The molecule has 4 N–H and O–H groups in total. The van der Waals surface area contributed by atoms with Crippen molar-refractivity contribution >= 4 is 47.2 Å². The second kappa shape index (κ2) is 17.9. The van der Waals surface area contributed by atoms with Crippen LogP contribution in [0.5, 0.6) is 0 Å². The van der Waals surface area contributed by atoms with Crippen molar-refractivity contribution in [2.24, 2.45) is 5.92 Å². The van der Waals surface area contributed by atoms with Crippen LogP contribution in [0.15, 0.2) is 42.5 Å². The lowest BCUT2D eigenvalue weighted by Crippen LogP contribution is -2.63. The number of hydrogen-bond acceptors (Lipinski definition) is 8. The lowest BCUT2D eigenvalue weighted by Gasteiger charge is -2.39. The summed E-state index contributed by atoms with van der Waals surface area (Å²) in [5.41, 5.74) is 1.36. The van der Waals surface area contributed by atoms with Crippen molar-refractivity contribution in [3.63, 3.8) is 0 Å². The monoisotopic (exact) mass is 807 g/mol. The maximum atomic E-state index is 14.7. The summed E-state index contributed by atoms with van der Waals surface area (Å²) in [7, 11) is 0. The molecule has 0 aliphatic carbocycles. The van der Waals surface area contributed by atoms with Crippen molar-refractivity contribution in [3.05, 3.63) is 65.2 Å². The Labute approximate surface area is 335 Å². The topological polar surface area (TPSA) is 187 Å². The molecule has 58 heavy (non-hydrogen) atoms. The highest BCUT2D eigenvalue weighted by molar-refractivity contribution is 5.98. The van der Waals surface area contributed by atoms with Crippen LogP contribution in [0.2, 0.25) is 0 Å². The van der Waals surface area contributed by atoms with Crippen LogP contribution in [0.25, 0.3) is 0 Å². The van der Waals surface area contributed by atoms with E-state index in [1.807, 2.05) is 13.8 Å². The molecule has 15 nitrogen and oxygen atoms in total. The number of hydrogen-bond donors (Lipinski definition) is 4. The number of carbonyl (C=O) groups excluding carboxylic acids is 7. The first kappa shape index (κ1) is 42.0. The molecule has 0 unspecified atom stereocenters. The number of esters is 1. The highest BCUT2D eigenvalue weighted by Gasteiger charge is 2.47. The van der Waals surface area contributed by atoms with E-state index in [4.69, 9.17) is 4.74 Å². The van der Waals surface area contributed by atoms with Crippen molar-refractivity contribution < 1.29 is 47.1 Å². The average Bonchev–Trinajstić information content (AvgIpc) is 3.83. The van der Waals surface area contributed by atoms with Gasteiger partial charge in [-0.1, -0.05) is 24.6 Å². The Hall–Kier alpha value is -5.61. The fourth-order valence-electron chi connectivity index (χ4n) is 8.36. The van der Waals surface area contributed by atoms with Crippen LogP contribution in [0.1, 0.15) is 70.4 Å². The number of nitrogens with zero attached hydrogens (tertiary/aromatic N) is 3. The quantitative estimate of drug-likeness (QED) is 0.321.